The molecule has 0 bridgehead atoms. The van der Waals surface area contributed by atoms with E-state index in [0.717, 1.165) is 44.9 Å². The summed E-state index contributed by atoms with van der Waals surface area (Å²) in [6.07, 6.45) is 0. The molecule has 0 aliphatic heterocycles. The van der Waals surface area contributed by atoms with Crippen LogP contribution in [0.2, 0.25) is 0 Å². The first kappa shape index (κ1) is 30.3. The fourth-order valence-corrected chi connectivity index (χ4v) is 7.86. The first-order chi connectivity index (χ1) is 21.1. The Kier molecular flexibility index (Phi) is 10.1. The van der Waals surface area contributed by atoms with Crippen molar-refractivity contribution < 1.29 is 13.3 Å². The van der Waals surface area contributed by atoms with Crippen LogP contribution in [0.25, 0.3) is 0 Å². The summed E-state index contributed by atoms with van der Waals surface area (Å²) in [5.41, 5.74) is 7.71. The van der Waals surface area contributed by atoms with Gasteiger partial charge in [-0.25, -0.2) is 0 Å². The molecule has 0 saturated heterocycles. The van der Waals surface area contributed by atoms with Crippen LogP contribution >= 0.6 is 0 Å². The fraction of sp³-hybridized carbons (Fsp3) is 0.189. The number of nitrogens with zero attached hydrogens (tertiary/aromatic N) is 2. The molecule has 220 valence electrons. The molecule has 0 saturated carbocycles. The van der Waals surface area contributed by atoms with Gasteiger partial charge < -0.3 is 23.1 Å². The Balaban J connectivity index is 1.57. The lowest BCUT2D eigenvalue weighted by molar-refractivity contribution is 0.0859. The minimum absolute atomic E-state index is 0.526. The summed E-state index contributed by atoms with van der Waals surface area (Å²) < 4.78 is 18.5. The van der Waals surface area contributed by atoms with E-state index >= 15 is 0 Å². The average molecular weight is 589 g/mol. The molecule has 0 aliphatic carbocycles. The van der Waals surface area contributed by atoms with E-state index in [9.17, 15) is 0 Å². The predicted molar refractivity (Wildman–Crippen MR) is 181 cm³/mol. The number of benzene rings is 5. The SMILES string of the molecule is CCO[Si](OCC)(OCC)c1ccc(N(c2ccccc2)c2ccc(N(c3ccccc3)c3ccccc3)cc2C)cc1. The van der Waals surface area contributed by atoms with Crippen molar-refractivity contribution in [3.8, 4) is 0 Å². The maximum Gasteiger partial charge on any atom is 0.537 e. The van der Waals surface area contributed by atoms with Crippen molar-refractivity contribution in [2.24, 2.45) is 0 Å². The monoisotopic (exact) mass is 588 g/mol. The molecule has 0 amide bonds. The molecule has 6 heteroatoms. The second-order valence-electron chi connectivity index (χ2n) is 10.1. The first-order valence-electron chi connectivity index (χ1n) is 15.0. The van der Waals surface area contributed by atoms with Crippen LogP contribution in [0.3, 0.4) is 0 Å². The Morgan fingerprint density at radius 1 is 0.465 bits per heavy atom. The summed E-state index contributed by atoms with van der Waals surface area (Å²) >= 11 is 0. The van der Waals surface area contributed by atoms with E-state index in [4.69, 9.17) is 13.3 Å². The van der Waals surface area contributed by atoms with Gasteiger partial charge in [-0.1, -0.05) is 66.7 Å². The smallest absolute Gasteiger partial charge is 0.370 e. The Morgan fingerprint density at radius 2 is 0.860 bits per heavy atom. The molecule has 0 aromatic heterocycles. The highest BCUT2D eigenvalue weighted by Gasteiger charge is 2.43. The van der Waals surface area contributed by atoms with Gasteiger partial charge in [0.1, 0.15) is 0 Å². The van der Waals surface area contributed by atoms with Crippen LogP contribution in [0, 0.1) is 6.92 Å². The van der Waals surface area contributed by atoms with Crippen molar-refractivity contribution in [2.75, 3.05) is 29.6 Å². The van der Waals surface area contributed by atoms with Crippen LogP contribution < -0.4 is 15.0 Å². The Bertz CT molecular complexity index is 1510. The van der Waals surface area contributed by atoms with Gasteiger partial charge in [0.15, 0.2) is 0 Å². The quantitative estimate of drug-likeness (QED) is 0.128. The molecule has 0 unspecified atom stereocenters. The van der Waals surface area contributed by atoms with Gasteiger partial charge in [-0.3, -0.25) is 0 Å². The predicted octanol–water partition coefficient (Wildman–Crippen LogP) is 9.19. The second kappa shape index (κ2) is 14.3. The highest BCUT2D eigenvalue weighted by Crippen LogP contribution is 2.40. The van der Waals surface area contributed by atoms with Gasteiger partial charge in [0.25, 0.3) is 0 Å². The van der Waals surface area contributed by atoms with Gasteiger partial charge in [-0.05, 0) is 100.0 Å². The van der Waals surface area contributed by atoms with Crippen LogP contribution in [0.4, 0.5) is 34.1 Å². The average Bonchev–Trinajstić information content (AvgIpc) is 3.04. The second-order valence-corrected chi connectivity index (χ2v) is 12.6. The van der Waals surface area contributed by atoms with E-state index < -0.39 is 8.80 Å². The van der Waals surface area contributed by atoms with Gasteiger partial charge >= 0.3 is 8.80 Å². The molecule has 0 spiro atoms. The summed E-state index contributed by atoms with van der Waals surface area (Å²) in [7, 11) is -3.01. The Labute approximate surface area is 257 Å². The molecule has 0 atom stereocenters. The molecule has 0 heterocycles. The highest BCUT2D eigenvalue weighted by molar-refractivity contribution is 6.75. The zero-order chi connectivity index (χ0) is 30.1. The van der Waals surface area contributed by atoms with E-state index in [1.54, 1.807) is 0 Å². The van der Waals surface area contributed by atoms with Gasteiger partial charge in [0.2, 0.25) is 0 Å². The van der Waals surface area contributed by atoms with Crippen molar-refractivity contribution in [1.29, 1.82) is 0 Å². The number of aryl methyl sites for hydroxylation is 1. The molecule has 0 aliphatic rings. The summed E-state index contributed by atoms with van der Waals surface area (Å²) in [5.74, 6) is 0. The first-order valence-corrected chi connectivity index (χ1v) is 16.7. The number of para-hydroxylation sites is 3. The lowest BCUT2D eigenvalue weighted by Gasteiger charge is -2.31. The molecular formula is C37H40N2O3Si. The molecular weight excluding hydrogens is 549 g/mol. The topological polar surface area (TPSA) is 34.2 Å². The minimum Gasteiger partial charge on any atom is -0.370 e. The molecule has 43 heavy (non-hydrogen) atoms. The van der Waals surface area contributed by atoms with E-state index in [1.807, 2.05) is 39.0 Å². The maximum absolute atomic E-state index is 6.17. The third-order valence-electron chi connectivity index (χ3n) is 7.20. The van der Waals surface area contributed by atoms with E-state index in [1.165, 1.54) is 0 Å². The Hall–Kier alpha value is -4.20. The van der Waals surface area contributed by atoms with Crippen molar-refractivity contribution >= 4 is 48.1 Å². The van der Waals surface area contributed by atoms with Crippen LogP contribution in [0.15, 0.2) is 133 Å². The molecule has 5 aromatic carbocycles. The molecule has 5 aromatic rings. The number of rotatable bonds is 13. The van der Waals surface area contributed by atoms with Crippen LogP contribution in [-0.4, -0.2) is 28.6 Å². The third kappa shape index (κ3) is 6.74. The van der Waals surface area contributed by atoms with Crippen LogP contribution in [-0.2, 0) is 13.3 Å². The number of anilines is 6. The van der Waals surface area contributed by atoms with Crippen molar-refractivity contribution in [1.82, 2.24) is 0 Å². The van der Waals surface area contributed by atoms with Crippen molar-refractivity contribution in [2.45, 2.75) is 27.7 Å². The summed E-state index contributed by atoms with van der Waals surface area (Å²) in [6, 6.07) is 46.6. The largest absolute Gasteiger partial charge is 0.537 e. The van der Waals surface area contributed by atoms with Gasteiger partial charge in [0.05, 0.1) is 0 Å². The van der Waals surface area contributed by atoms with E-state index in [-0.39, 0.29) is 0 Å². The van der Waals surface area contributed by atoms with Crippen LogP contribution in [0.5, 0.6) is 0 Å². The molecule has 0 N–H and O–H groups in total. The zero-order valence-corrected chi connectivity index (χ0v) is 26.4. The molecule has 5 rings (SSSR count). The molecule has 5 nitrogen and oxygen atoms in total. The van der Waals surface area contributed by atoms with E-state index in [0.29, 0.717) is 19.8 Å². The normalized spacial score (nSPS) is 11.3. The number of hydrogen-bond acceptors (Lipinski definition) is 5. The van der Waals surface area contributed by atoms with Gasteiger partial charge in [0, 0.05) is 59.1 Å². The zero-order valence-electron chi connectivity index (χ0n) is 25.4. The lowest BCUT2D eigenvalue weighted by atomic mass is 10.1. The lowest BCUT2D eigenvalue weighted by Crippen LogP contribution is -2.56. The third-order valence-corrected chi connectivity index (χ3v) is 10.3. The standard InChI is InChI=1S/C37H40N2O3Si/c1-5-40-43(41-6-2,42-7-3)36-26-23-34(24-27-36)39(33-21-15-10-16-22-33)37-28-25-35(29-30(37)4)38(31-17-11-8-12-18-31)32-19-13-9-14-20-32/h8-29H,5-7H2,1-4H3. The van der Waals surface area contributed by atoms with Crippen molar-refractivity contribution in [3.05, 3.63) is 139 Å². The van der Waals surface area contributed by atoms with Gasteiger partial charge in [-0.15, -0.1) is 0 Å². The maximum atomic E-state index is 6.17. The van der Waals surface area contributed by atoms with Gasteiger partial charge in [-0.2, -0.15) is 0 Å². The highest BCUT2D eigenvalue weighted by atomic mass is 28.4. The van der Waals surface area contributed by atoms with E-state index in [2.05, 4.69) is 132 Å². The summed E-state index contributed by atoms with van der Waals surface area (Å²) in [5, 5.41) is 0.961. The number of hydrogen-bond donors (Lipinski definition) is 0. The Morgan fingerprint density at radius 3 is 1.28 bits per heavy atom. The van der Waals surface area contributed by atoms with Crippen molar-refractivity contribution in [3.63, 3.8) is 0 Å². The minimum atomic E-state index is -3.01. The molecule has 0 fully saturated rings. The fourth-order valence-electron chi connectivity index (χ4n) is 5.39. The summed E-state index contributed by atoms with van der Waals surface area (Å²) in [4.78, 5) is 4.58. The molecule has 0 radical (unpaired) electrons. The van der Waals surface area contributed by atoms with Crippen LogP contribution in [0.1, 0.15) is 26.3 Å². The summed E-state index contributed by atoms with van der Waals surface area (Å²) in [6.45, 7) is 9.70.